The second kappa shape index (κ2) is 32.4. The molecule has 0 aromatic heterocycles. The molecule has 0 aromatic rings. The van der Waals surface area contributed by atoms with E-state index in [-0.39, 0.29) is 25.2 Å². The van der Waals surface area contributed by atoms with Gasteiger partial charge in [0.15, 0.2) is 6.10 Å². The van der Waals surface area contributed by atoms with Crippen molar-refractivity contribution in [1.29, 1.82) is 0 Å². The topological polar surface area (TPSA) is 72.8 Å². The van der Waals surface area contributed by atoms with Crippen molar-refractivity contribution >= 4 is 11.9 Å². The maximum absolute atomic E-state index is 12.1. The molecule has 40 heavy (non-hydrogen) atoms. The molecule has 0 heterocycles. The lowest BCUT2D eigenvalue weighted by atomic mass is 10.0. The van der Waals surface area contributed by atoms with Crippen LogP contribution < -0.4 is 0 Å². The first-order chi connectivity index (χ1) is 19.6. The molecule has 0 aliphatic rings. The van der Waals surface area contributed by atoms with E-state index in [0.717, 1.165) is 38.5 Å². The first kappa shape index (κ1) is 38.9. The van der Waals surface area contributed by atoms with Crippen LogP contribution in [-0.2, 0) is 19.1 Å². The van der Waals surface area contributed by atoms with Gasteiger partial charge in [0.1, 0.15) is 6.61 Å². The molecule has 0 aliphatic heterocycles. The molecule has 1 N–H and O–H groups in total. The van der Waals surface area contributed by atoms with Crippen molar-refractivity contribution in [3.63, 3.8) is 0 Å². The third-order valence-corrected chi connectivity index (χ3v) is 7.90. The highest BCUT2D eigenvalue weighted by atomic mass is 16.6. The minimum atomic E-state index is -0.759. The van der Waals surface area contributed by atoms with Gasteiger partial charge in [0, 0.05) is 12.8 Å². The molecule has 0 bridgehead atoms. The molecule has 0 aliphatic carbocycles. The van der Waals surface area contributed by atoms with Crippen LogP contribution in [0, 0.1) is 0 Å². The summed E-state index contributed by atoms with van der Waals surface area (Å²) in [6.07, 6.45) is 33.0. The van der Waals surface area contributed by atoms with Crippen molar-refractivity contribution in [3.8, 4) is 0 Å². The number of carbonyl (C=O) groups excluding carboxylic acids is 2. The Hall–Kier alpha value is -1.10. The second-order valence-electron chi connectivity index (χ2n) is 12.0. The number of rotatable bonds is 32. The number of carbonyl (C=O) groups is 2. The fourth-order valence-electron chi connectivity index (χ4n) is 5.20. The first-order valence-corrected chi connectivity index (χ1v) is 17.6. The molecule has 1 atom stereocenters. The summed E-state index contributed by atoms with van der Waals surface area (Å²) in [7, 11) is 0. The summed E-state index contributed by atoms with van der Waals surface area (Å²) in [4.78, 5) is 24.1. The third kappa shape index (κ3) is 29.9. The zero-order valence-corrected chi connectivity index (χ0v) is 26.9. The number of ether oxygens (including phenoxy) is 2. The highest BCUT2D eigenvalue weighted by Gasteiger charge is 2.16. The molecule has 238 valence electrons. The normalized spacial score (nSPS) is 12.0. The molecule has 0 amide bonds. The number of hydrogen-bond donors (Lipinski definition) is 1. The largest absolute Gasteiger partial charge is 0.462 e. The van der Waals surface area contributed by atoms with Crippen LogP contribution in [0.3, 0.4) is 0 Å². The van der Waals surface area contributed by atoms with Crippen LogP contribution in [0.5, 0.6) is 0 Å². The lowest BCUT2D eigenvalue weighted by Gasteiger charge is -2.15. The summed E-state index contributed by atoms with van der Waals surface area (Å²) in [5, 5.41) is 9.50. The summed E-state index contributed by atoms with van der Waals surface area (Å²) in [5.41, 5.74) is 0. The van der Waals surface area contributed by atoms with Gasteiger partial charge in [0.05, 0.1) is 6.61 Å². The fourth-order valence-corrected chi connectivity index (χ4v) is 5.20. The average molecular weight is 569 g/mol. The van der Waals surface area contributed by atoms with Gasteiger partial charge < -0.3 is 14.6 Å². The SMILES string of the molecule is CCCCCCCCCCCCCCCCCCC(=O)O[C@@H](CO)COC(=O)CCCCCCCCCCCC. The van der Waals surface area contributed by atoms with Crippen molar-refractivity contribution in [3.05, 3.63) is 0 Å². The Kier molecular flexibility index (Phi) is 31.5. The van der Waals surface area contributed by atoms with Gasteiger partial charge in [0.2, 0.25) is 0 Å². The van der Waals surface area contributed by atoms with Crippen LogP contribution in [0.2, 0.25) is 0 Å². The van der Waals surface area contributed by atoms with Crippen molar-refractivity contribution in [2.75, 3.05) is 13.2 Å². The van der Waals surface area contributed by atoms with Gasteiger partial charge in [0.25, 0.3) is 0 Å². The lowest BCUT2D eigenvalue weighted by Crippen LogP contribution is -2.28. The predicted molar refractivity (Wildman–Crippen MR) is 169 cm³/mol. The minimum Gasteiger partial charge on any atom is -0.462 e. The number of esters is 2. The highest BCUT2D eigenvalue weighted by molar-refractivity contribution is 5.70. The first-order valence-electron chi connectivity index (χ1n) is 17.6. The van der Waals surface area contributed by atoms with E-state index >= 15 is 0 Å². The van der Waals surface area contributed by atoms with Crippen molar-refractivity contribution in [1.82, 2.24) is 0 Å². The van der Waals surface area contributed by atoms with Crippen LogP contribution in [0.15, 0.2) is 0 Å². The number of aliphatic hydroxyl groups excluding tert-OH is 1. The van der Waals surface area contributed by atoms with E-state index in [2.05, 4.69) is 13.8 Å². The highest BCUT2D eigenvalue weighted by Crippen LogP contribution is 2.15. The number of aliphatic hydroxyl groups is 1. The minimum absolute atomic E-state index is 0.0577. The lowest BCUT2D eigenvalue weighted by molar-refractivity contribution is -0.161. The molecule has 0 aromatic carbocycles. The number of hydrogen-bond acceptors (Lipinski definition) is 5. The van der Waals surface area contributed by atoms with E-state index in [4.69, 9.17) is 9.47 Å². The standard InChI is InChI=1S/C35H68O5/c1-3-5-7-9-11-13-15-16-17-18-19-20-22-24-26-28-30-35(38)40-33(31-36)32-39-34(37)29-27-25-23-21-14-12-10-8-6-4-2/h33,36H,3-32H2,1-2H3/t33-/m0/s1. The summed E-state index contributed by atoms with van der Waals surface area (Å²) >= 11 is 0. The zero-order valence-electron chi connectivity index (χ0n) is 26.9. The third-order valence-electron chi connectivity index (χ3n) is 7.90. The fraction of sp³-hybridized carbons (Fsp3) is 0.943. The van der Waals surface area contributed by atoms with Crippen LogP contribution in [0.1, 0.15) is 194 Å². The van der Waals surface area contributed by atoms with Gasteiger partial charge in [-0.3, -0.25) is 9.59 Å². The van der Waals surface area contributed by atoms with Gasteiger partial charge in [-0.25, -0.2) is 0 Å². The zero-order chi connectivity index (χ0) is 29.4. The van der Waals surface area contributed by atoms with E-state index < -0.39 is 6.10 Å². The van der Waals surface area contributed by atoms with Gasteiger partial charge in [-0.2, -0.15) is 0 Å². The van der Waals surface area contributed by atoms with E-state index in [9.17, 15) is 14.7 Å². The van der Waals surface area contributed by atoms with Crippen molar-refractivity contribution < 1.29 is 24.2 Å². The van der Waals surface area contributed by atoms with Crippen LogP contribution >= 0.6 is 0 Å². The van der Waals surface area contributed by atoms with E-state index in [1.165, 1.54) is 128 Å². The molecule has 0 saturated carbocycles. The Morgan fingerprint density at radius 1 is 0.475 bits per heavy atom. The summed E-state index contributed by atoms with van der Waals surface area (Å²) in [6, 6.07) is 0. The predicted octanol–water partition coefficient (Wildman–Crippen LogP) is 10.4. The maximum Gasteiger partial charge on any atom is 0.306 e. The van der Waals surface area contributed by atoms with Crippen molar-refractivity contribution in [2.24, 2.45) is 0 Å². The molecule has 0 unspecified atom stereocenters. The van der Waals surface area contributed by atoms with Crippen LogP contribution in [-0.4, -0.2) is 36.4 Å². The Morgan fingerprint density at radius 2 is 0.775 bits per heavy atom. The molecule has 5 nitrogen and oxygen atoms in total. The number of unbranched alkanes of at least 4 members (excludes halogenated alkanes) is 24. The Morgan fingerprint density at radius 3 is 1.10 bits per heavy atom. The maximum atomic E-state index is 12.1. The monoisotopic (exact) mass is 569 g/mol. The van der Waals surface area contributed by atoms with Crippen molar-refractivity contribution in [2.45, 2.75) is 200 Å². The molecule has 0 rings (SSSR count). The molecule has 0 radical (unpaired) electrons. The molecule has 0 saturated heterocycles. The van der Waals surface area contributed by atoms with Crippen LogP contribution in [0.25, 0.3) is 0 Å². The van der Waals surface area contributed by atoms with E-state index in [1.54, 1.807) is 0 Å². The molecule has 5 heteroatoms. The van der Waals surface area contributed by atoms with E-state index in [0.29, 0.717) is 12.8 Å². The summed E-state index contributed by atoms with van der Waals surface area (Å²) in [6.45, 7) is 4.13. The summed E-state index contributed by atoms with van der Waals surface area (Å²) in [5.74, 6) is -0.581. The molecular formula is C35H68O5. The van der Waals surface area contributed by atoms with Gasteiger partial charge in [-0.05, 0) is 12.8 Å². The molecular weight excluding hydrogens is 500 g/mol. The quantitative estimate of drug-likeness (QED) is 0.0645. The van der Waals surface area contributed by atoms with E-state index in [1.807, 2.05) is 0 Å². The second-order valence-corrected chi connectivity index (χ2v) is 12.0. The molecule has 0 fully saturated rings. The van der Waals surface area contributed by atoms with Gasteiger partial charge in [-0.1, -0.05) is 168 Å². The average Bonchev–Trinajstić information content (AvgIpc) is 2.96. The smallest absolute Gasteiger partial charge is 0.306 e. The van der Waals surface area contributed by atoms with Gasteiger partial charge in [-0.15, -0.1) is 0 Å². The Bertz CT molecular complexity index is 536. The van der Waals surface area contributed by atoms with Crippen LogP contribution in [0.4, 0.5) is 0 Å². The van der Waals surface area contributed by atoms with Gasteiger partial charge >= 0.3 is 11.9 Å². The summed E-state index contributed by atoms with van der Waals surface area (Å²) < 4.78 is 10.6. The molecule has 0 spiro atoms. The Balaban J connectivity index is 3.51. The Labute approximate surface area is 248 Å².